The summed E-state index contributed by atoms with van der Waals surface area (Å²) in [4.78, 5) is 42.3. The highest BCUT2D eigenvalue weighted by Gasteiger charge is 2.37. The first-order valence-corrected chi connectivity index (χ1v) is 14.1. The van der Waals surface area contributed by atoms with Crippen molar-refractivity contribution in [1.82, 2.24) is 10.5 Å². The number of methoxy groups -OCH3 is 2. The molecule has 0 aliphatic carbocycles. The molecule has 3 rings (SSSR count). The maximum Gasteiger partial charge on any atom is 0.248 e. The number of anilines is 2. The van der Waals surface area contributed by atoms with Crippen LogP contribution in [0.15, 0.2) is 53.1 Å². The highest BCUT2D eigenvalue weighted by atomic mass is 16.5. The molecule has 1 aromatic heterocycles. The lowest BCUT2D eigenvalue weighted by atomic mass is 9.96. The Morgan fingerprint density at radius 1 is 1.02 bits per heavy atom. The first kappa shape index (κ1) is 32.2. The van der Waals surface area contributed by atoms with Crippen molar-refractivity contribution in [1.29, 1.82) is 0 Å². The van der Waals surface area contributed by atoms with Crippen LogP contribution in [0.4, 0.5) is 11.5 Å². The molecule has 2 aromatic carbocycles. The van der Waals surface area contributed by atoms with Gasteiger partial charge in [-0.2, -0.15) is 0 Å². The Hall–Kier alpha value is -4.34. The highest BCUT2D eigenvalue weighted by molar-refractivity contribution is 6.03. The monoisotopic (exact) mass is 578 g/mol. The van der Waals surface area contributed by atoms with Gasteiger partial charge in [0.15, 0.2) is 17.3 Å². The topological polar surface area (TPSA) is 123 Å². The third-order valence-electron chi connectivity index (χ3n) is 6.82. The van der Waals surface area contributed by atoms with E-state index in [9.17, 15) is 14.4 Å². The number of rotatable bonds is 12. The Kier molecular flexibility index (Phi) is 10.7. The predicted molar refractivity (Wildman–Crippen MR) is 162 cm³/mol. The summed E-state index contributed by atoms with van der Waals surface area (Å²) in [7, 11) is 3.00. The molecule has 2 N–H and O–H groups in total. The summed E-state index contributed by atoms with van der Waals surface area (Å²) in [6, 6.07) is 13.3. The van der Waals surface area contributed by atoms with E-state index in [1.54, 1.807) is 31.2 Å². The molecule has 0 bridgehead atoms. The average molecular weight is 579 g/mol. The summed E-state index contributed by atoms with van der Waals surface area (Å²) < 4.78 is 16.2. The number of hydrogen-bond acceptors (Lipinski definition) is 7. The number of benzene rings is 2. The minimum Gasteiger partial charge on any atom is -0.493 e. The molecule has 0 aliphatic rings. The lowest BCUT2D eigenvalue weighted by Crippen LogP contribution is -2.49. The smallest absolute Gasteiger partial charge is 0.248 e. The zero-order valence-electron chi connectivity index (χ0n) is 25.7. The van der Waals surface area contributed by atoms with Gasteiger partial charge < -0.3 is 24.6 Å². The quantitative estimate of drug-likeness (QED) is 0.273. The number of carbonyl (C=O) groups is 3. The van der Waals surface area contributed by atoms with Crippen molar-refractivity contribution in [3.63, 3.8) is 0 Å². The standard InChI is InChI=1S/C32H42N4O6/c1-9-20(2)22-13-15-23(16-14-22)36(28(38)18-17-27(37)33-26-19-21(3)42-35-26)29(31(39)34-32(4,5)6)24-11-10-12-25(40-7)30(24)41-8/h10-16,19-20,29H,9,17-18H2,1-8H3,(H,34,39)(H,33,35,37). The molecule has 0 saturated carbocycles. The SMILES string of the molecule is CCC(C)c1ccc(N(C(=O)CCC(=O)Nc2cc(C)on2)C(C(=O)NC(C)(C)C)c2cccc(OC)c2OC)cc1. The van der Waals surface area contributed by atoms with E-state index < -0.39 is 29.3 Å². The number of nitrogens with zero attached hydrogens (tertiary/aromatic N) is 2. The van der Waals surface area contributed by atoms with Crippen molar-refractivity contribution >= 4 is 29.2 Å². The summed E-state index contributed by atoms with van der Waals surface area (Å²) in [6.45, 7) is 11.6. The number of carbonyl (C=O) groups excluding carboxylic acids is 3. The van der Waals surface area contributed by atoms with Crippen LogP contribution in [0.25, 0.3) is 0 Å². The summed E-state index contributed by atoms with van der Waals surface area (Å²) in [6.07, 6.45) is 0.663. The van der Waals surface area contributed by atoms with E-state index in [4.69, 9.17) is 14.0 Å². The molecule has 42 heavy (non-hydrogen) atoms. The minimum absolute atomic E-state index is 0.130. The number of aryl methyl sites for hydroxylation is 1. The van der Waals surface area contributed by atoms with E-state index in [2.05, 4.69) is 29.6 Å². The lowest BCUT2D eigenvalue weighted by molar-refractivity contribution is -0.128. The molecule has 1 heterocycles. The molecule has 2 atom stereocenters. The third kappa shape index (κ3) is 8.11. The summed E-state index contributed by atoms with van der Waals surface area (Å²) in [5.74, 6) is 0.670. The Morgan fingerprint density at radius 3 is 2.26 bits per heavy atom. The molecule has 3 aromatic rings. The first-order chi connectivity index (χ1) is 19.9. The first-order valence-electron chi connectivity index (χ1n) is 14.1. The summed E-state index contributed by atoms with van der Waals surface area (Å²) in [5.41, 5.74) is 1.48. The van der Waals surface area contributed by atoms with Crippen molar-refractivity contribution in [3.05, 3.63) is 65.4 Å². The van der Waals surface area contributed by atoms with Gasteiger partial charge in [0.25, 0.3) is 0 Å². The predicted octanol–water partition coefficient (Wildman–Crippen LogP) is 5.92. The van der Waals surface area contributed by atoms with Gasteiger partial charge in [-0.25, -0.2) is 0 Å². The highest BCUT2D eigenvalue weighted by Crippen LogP contribution is 2.40. The van der Waals surface area contributed by atoms with Crippen LogP contribution in [-0.2, 0) is 14.4 Å². The van der Waals surface area contributed by atoms with E-state index in [1.807, 2.05) is 45.0 Å². The van der Waals surface area contributed by atoms with Crippen molar-refractivity contribution < 1.29 is 28.4 Å². The van der Waals surface area contributed by atoms with Crippen LogP contribution in [0, 0.1) is 6.92 Å². The van der Waals surface area contributed by atoms with Gasteiger partial charge in [-0.05, 0) is 63.8 Å². The Labute approximate surface area is 247 Å². The fourth-order valence-corrected chi connectivity index (χ4v) is 4.57. The number of ether oxygens (including phenoxy) is 2. The number of aromatic nitrogens is 1. The van der Waals surface area contributed by atoms with Gasteiger partial charge in [-0.3, -0.25) is 19.3 Å². The Balaban J connectivity index is 2.09. The molecule has 226 valence electrons. The fraction of sp³-hybridized carbons (Fsp3) is 0.438. The van der Waals surface area contributed by atoms with Crippen molar-refractivity contribution in [2.45, 2.75) is 78.3 Å². The lowest BCUT2D eigenvalue weighted by Gasteiger charge is -2.34. The molecular formula is C32H42N4O6. The molecule has 0 radical (unpaired) electrons. The van der Waals surface area contributed by atoms with Gasteiger partial charge in [0.1, 0.15) is 11.8 Å². The van der Waals surface area contributed by atoms with Crippen LogP contribution < -0.4 is 25.0 Å². The maximum absolute atomic E-state index is 14.1. The molecule has 2 unspecified atom stereocenters. The largest absolute Gasteiger partial charge is 0.493 e. The van der Waals surface area contributed by atoms with Gasteiger partial charge in [-0.1, -0.05) is 43.3 Å². The number of hydrogen-bond donors (Lipinski definition) is 2. The van der Waals surface area contributed by atoms with Crippen LogP contribution in [0.1, 0.15) is 82.7 Å². The van der Waals surface area contributed by atoms with Crippen LogP contribution >= 0.6 is 0 Å². The van der Waals surface area contributed by atoms with Crippen molar-refractivity contribution in [2.75, 3.05) is 24.4 Å². The average Bonchev–Trinajstić information content (AvgIpc) is 3.36. The summed E-state index contributed by atoms with van der Waals surface area (Å²) >= 11 is 0. The van der Waals surface area contributed by atoms with Crippen LogP contribution in [0.3, 0.4) is 0 Å². The molecular weight excluding hydrogens is 536 g/mol. The molecule has 10 nitrogen and oxygen atoms in total. The maximum atomic E-state index is 14.1. The normalized spacial score (nSPS) is 12.7. The van der Waals surface area contributed by atoms with Crippen LogP contribution in [0.2, 0.25) is 0 Å². The molecule has 3 amide bonds. The van der Waals surface area contributed by atoms with E-state index in [1.165, 1.54) is 19.1 Å². The van der Waals surface area contributed by atoms with Gasteiger partial charge in [0, 0.05) is 35.7 Å². The number of nitrogens with one attached hydrogen (secondary N) is 2. The molecule has 0 aliphatic heterocycles. The second-order valence-corrected chi connectivity index (χ2v) is 11.3. The van der Waals surface area contributed by atoms with Gasteiger partial charge in [0.2, 0.25) is 17.7 Å². The van der Waals surface area contributed by atoms with Crippen molar-refractivity contribution in [2.24, 2.45) is 0 Å². The second kappa shape index (κ2) is 14.0. The summed E-state index contributed by atoms with van der Waals surface area (Å²) in [5, 5.41) is 9.44. The second-order valence-electron chi connectivity index (χ2n) is 11.3. The molecule has 0 saturated heterocycles. The van der Waals surface area contributed by atoms with Gasteiger partial charge in [-0.15, -0.1) is 0 Å². The fourth-order valence-electron chi connectivity index (χ4n) is 4.57. The number of para-hydroxylation sites is 1. The van der Waals surface area contributed by atoms with Gasteiger partial charge >= 0.3 is 0 Å². The van der Waals surface area contributed by atoms with Crippen LogP contribution in [-0.4, -0.2) is 42.6 Å². The van der Waals surface area contributed by atoms with Crippen LogP contribution in [0.5, 0.6) is 11.5 Å². The number of amides is 3. The van der Waals surface area contributed by atoms with E-state index in [-0.39, 0.29) is 18.7 Å². The van der Waals surface area contributed by atoms with E-state index in [0.29, 0.717) is 34.4 Å². The van der Waals surface area contributed by atoms with E-state index >= 15 is 0 Å². The van der Waals surface area contributed by atoms with Crippen molar-refractivity contribution in [3.8, 4) is 11.5 Å². The Bertz CT molecular complexity index is 1380. The Morgan fingerprint density at radius 2 is 1.71 bits per heavy atom. The molecule has 10 heteroatoms. The zero-order valence-corrected chi connectivity index (χ0v) is 25.7. The van der Waals surface area contributed by atoms with Gasteiger partial charge in [0.05, 0.1) is 14.2 Å². The zero-order chi connectivity index (χ0) is 31.0. The molecule has 0 fully saturated rings. The molecule has 0 spiro atoms. The third-order valence-corrected chi connectivity index (χ3v) is 6.82. The minimum atomic E-state index is -1.13. The van der Waals surface area contributed by atoms with E-state index in [0.717, 1.165) is 12.0 Å².